The normalized spacial score (nSPS) is 40.9. The second kappa shape index (κ2) is 13.0. The lowest BCUT2D eigenvalue weighted by atomic mass is 9.73. The molecule has 8 aliphatic carbocycles. The van der Waals surface area contributed by atoms with Crippen LogP contribution in [0, 0.1) is 76.4 Å². The van der Waals surface area contributed by atoms with Crippen molar-refractivity contribution in [2.24, 2.45) is 76.4 Å². The van der Waals surface area contributed by atoms with Gasteiger partial charge in [-0.3, -0.25) is 9.59 Å². The summed E-state index contributed by atoms with van der Waals surface area (Å²) >= 11 is 0. The number of carbonyl (C=O) groups excluding carboxylic acids is 3. The summed E-state index contributed by atoms with van der Waals surface area (Å²) in [5, 5.41) is 18.4. The van der Waals surface area contributed by atoms with Gasteiger partial charge in [-0.1, -0.05) is 50.3 Å². The summed E-state index contributed by atoms with van der Waals surface area (Å²) in [4.78, 5) is 43.2. The lowest BCUT2D eigenvalue weighted by molar-refractivity contribution is -0.161. The Morgan fingerprint density at radius 3 is 1.69 bits per heavy atom. The molecule has 0 radical (unpaired) electrons. The Balaban J connectivity index is 0.000000116. The van der Waals surface area contributed by atoms with Crippen LogP contribution in [0.5, 0.6) is 0 Å². The van der Waals surface area contributed by atoms with E-state index in [1.807, 2.05) is 12.2 Å². The molecule has 2 N–H and O–H groups in total. The van der Waals surface area contributed by atoms with Crippen LogP contribution in [0.15, 0.2) is 48.6 Å². The lowest BCUT2D eigenvalue weighted by Crippen LogP contribution is -2.36. The van der Waals surface area contributed by atoms with Gasteiger partial charge in [0, 0.05) is 17.6 Å². The molecule has 5 saturated carbocycles. The van der Waals surface area contributed by atoms with Gasteiger partial charge in [0.05, 0.1) is 25.0 Å². The van der Waals surface area contributed by atoms with Crippen LogP contribution < -0.4 is 0 Å². The van der Waals surface area contributed by atoms with E-state index in [9.17, 15) is 24.3 Å². The van der Waals surface area contributed by atoms with Crippen LogP contribution in [0.4, 0.5) is 0 Å². The number of fused-ring (bicyclic) bond motifs is 13. The number of rotatable bonds is 5. The van der Waals surface area contributed by atoms with Gasteiger partial charge < -0.3 is 19.7 Å². The van der Waals surface area contributed by atoms with Gasteiger partial charge in [0.25, 0.3) is 0 Å². The summed E-state index contributed by atoms with van der Waals surface area (Å²) in [7, 11) is 0. The van der Waals surface area contributed by atoms with E-state index in [1.54, 1.807) is 33.1 Å². The van der Waals surface area contributed by atoms with Gasteiger partial charge in [-0.05, 0) is 111 Å². The standard InChI is InChI=1S/C14H20O5.C12H16.C7H10.C4H2O3/c1-14(2,6-15)7-19-13(18)11-9-4-3-8(5-9)10(11)12(16)17;1-2-8-5-7(1)11-9-3-4-10(6-9)12(8)11;1-2-7-4-3-6(1)5-7;5-3-1-2-4(6)7-3/h3-4,8-11,15H,5-7H2,1-2H3,(H,16,17);1-2,7-12H,3-6H2;1-2,6-7H,3-5H2;1-2H. The Morgan fingerprint density at radius 1 is 0.756 bits per heavy atom. The van der Waals surface area contributed by atoms with Crippen LogP contribution >= 0.6 is 0 Å². The number of carboxylic acids is 1. The minimum Gasteiger partial charge on any atom is -0.481 e. The van der Waals surface area contributed by atoms with Crippen molar-refractivity contribution in [3.63, 3.8) is 0 Å². The van der Waals surface area contributed by atoms with Gasteiger partial charge in [-0.2, -0.15) is 0 Å². The molecule has 9 aliphatic rings. The largest absolute Gasteiger partial charge is 0.481 e. The maximum atomic E-state index is 12.1. The predicted octanol–water partition coefficient (Wildman–Crippen LogP) is 5.52. The fourth-order valence-electron chi connectivity index (χ4n) is 9.89. The molecule has 0 amide bonds. The van der Waals surface area contributed by atoms with Crippen molar-refractivity contribution in [3.05, 3.63) is 48.6 Å². The van der Waals surface area contributed by atoms with E-state index in [4.69, 9.17) is 9.84 Å². The van der Waals surface area contributed by atoms with Crippen LogP contribution in [0.2, 0.25) is 0 Å². The Kier molecular flexibility index (Phi) is 9.24. The highest BCUT2D eigenvalue weighted by Crippen LogP contribution is 2.65. The summed E-state index contributed by atoms with van der Waals surface area (Å²) in [6.07, 6.45) is 27.2. The summed E-state index contributed by atoms with van der Waals surface area (Å²) in [6, 6.07) is 0. The summed E-state index contributed by atoms with van der Waals surface area (Å²) in [5.41, 5.74) is -0.498. The van der Waals surface area contributed by atoms with Crippen LogP contribution in [0.1, 0.15) is 65.2 Å². The molecule has 9 rings (SSSR count). The highest BCUT2D eigenvalue weighted by Gasteiger charge is 2.57. The van der Waals surface area contributed by atoms with Crippen molar-refractivity contribution in [1.82, 2.24) is 0 Å². The summed E-state index contributed by atoms with van der Waals surface area (Å²) in [6.45, 7) is 3.59. The van der Waals surface area contributed by atoms with Crippen molar-refractivity contribution in [1.29, 1.82) is 0 Å². The summed E-state index contributed by atoms with van der Waals surface area (Å²) in [5.74, 6) is 4.78. The van der Waals surface area contributed by atoms with Crippen LogP contribution in [0.25, 0.3) is 0 Å². The third kappa shape index (κ3) is 6.77. The lowest BCUT2D eigenvalue weighted by Gasteiger charge is -2.31. The number of aliphatic hydroxyl groups excluding tert-OH is 1. The molecule has 1 aliphatic heterocycles. The monoisotopic (exact) mass is 620 g/mol. The number of carbonyl (C=O) groups is 4. The first-order valence-corrected chi connectivity index (χ1v) is 17.0. The molecule has 5 fully saturated rings. The molecule has 244 valence electrons. The fraction of sp³-hybridized carbons (Fsp3) is 0.676. The molecule has 12 unspecified atom stereocenters. The SMILES string of the molecule is C1=CC2CC1C1C3CCC(C3)C21.C1=CC2CCC1C2.CC(C)(CO)COC(=O)C1C2C=CC(C2)C1C(=O)O.O=C1C=CC(=O)O1. The zero-order valence-electron chi connectivity index (χ0n) is 26.5. The molecule has 45 heavy (non-hydrogen) atoms. The first-order valence-electron chi connectivity index (χ1n) is 17.0. The van der Waals surface area contributed by atoms with E-state index in [0.29, 0.717) is 0 Å². The number of ether oxygens (including phenoxy) is 2. The Morgan fingerprint density at radius 2 is 1.27 bits per heavy atom. The fourth-order valence-corrected chi connectivity index (χ4v) is 9.89. The Bertz CT molecular complexity index is 1240. The molecular weight excluding hydrogens is 572 g/mol. The second-order valence-corrected chi connectivity index (χ2v) is 15.5. The van der Waals surface area contributed by atoms with Crippen LogP contribution in [0.3, 0.4) is 0 Å². The van der Waals surface area contributed by atoms with E-state index < -0.39 is 41.1 Å². The molecule has 0 aromatic heterocycles. The number of cyclic esters (lactones) is 2. The number of esters is 3. The zero-order chi connectivity index (χ0) is 31.9. The smallest absolute Gasteiger partial charge is 0.338 e. The molecule has 8 heteroatoms. The van der Waals surface area contributed by atoms with E-state index in [2.05, 4.69) is 29.0 Å². The van der Waals surface area contributed by atoms with E-state index in [0.717, 1.165) is 65.9 Å². The predicted molar refractivity (Wildman–Crippen MR) is 166 cm³/mol. The van der Waals surface area contributed by atoms with E-state index >= 15 is 0 Å². The third-order valence-electron chi connectivity index (χ3n) is 12.0. The third-order valence-corrected chi connectivity index (χ3v) is 12.0. The minimum atomic E-state index is -0.930. The molecule has 8 nitrogen and oxygen atoms in total. The molecule has 0 spiro atoms. The van der Waals surface area contributed by atoms with Gasteiger partial charge in [-0.25, -0.2) is 9.59 Å². The quantitative estimate of drug-likeness (QED) is 0.178. The van der Waals surface area contributed by atoms with Crippen molar-refractivity contribution in [3.8, 4) is 0 Å². The number of aliphatic hydroxyl groups is 1. The Labute approximate surface area is 266 Å². The van der Waals surface area contributed by atoms with Gasteiger partial charge in [0.15, 0.2) is 0 Å². The maximum absolute atomic E-state index is 12.1. The van der Waals surface area contributed by atoms with Crippen molar-refractivity contribution in [2.75, 3.05) is 13.2 Å². The van der Waals surface area contributed by atoms with Crippen LogP contribution in [-0.2, 0) is 28.7 Å². The maximum Gasteiger partial charge on any atom is 0.338 e. The van der Waals surface area contributed by atoms with E-state index in [-0.39, 0.29) is 25.0 Å². The zero-order valence-corrected chi connectivity index (χ0v) is 26.5. The van der Waals surface area contributed by atoms with E-state index in [1.165, 1.54) is 25.7 Å². The highest BCUT2D eigenvalue weighted by atomic mass is 16.6. The number of carboxylic acid groups (broad SMARTS) is 1. The number of hydrogen-bond donors (Lipinski definition) is 2. The molecule has 0 aromatic carbocycles. The Hall–Kier alpha value is -3.00. The number of allylic oxidation sites excluding steroid dienone is 6. The molecular formula is C37H48O8. The van der Waals surface area contributed by atoms with Gasteiger partial charge in [-0.15, -0.1) is 0 Å². The first-order chi connectivity index (χ1) is 21.5. The average Bonchev–Trinajstić information content (AvgIpc) is 3.86. The summed E-state index contributed by atoms with van der Waals surface area (Å²) < 4.78 is 9.19. The highest BCUT2D eigenvalue weighted by molar-refractivity contribution is 6.04. The number of aliphatic carboxylic acids is 1. The van der Waals surface area contributed by atoms with Crippen LogP contribution in [-0.4, -0.2) is 47.3 Å². The van der Waals surface area contributed by atoms with Gasteiger partial charge >= 0.3 is 23.9 Å². The molecule has 0 saturated heterocycles. The average molecular weight is 621 g/mol. The van der Waals surface area contributed by atoms with Crippen molar-refractivity contribution >= 4 is 23.9 Å². The first kappa shape index (κ1) is 32.0. The molecule has 12 atom stereocenters. The minimum absolute atomic E-state index is 0.0177. The molecule has 0 aromatic rings. The van der Waals surface area contributed by atoms with Gasteiger partial charge in [0.2, 0.25) is 0 Å². The number of hydrogen-bond acceptors (Lipinski definition) is 7. The molecule has 8 bridgehead atoms. The van der Waals surface area contributed by atoms with Gasteiger partial charge in [0.1, 0.15) is 0 Å². The van der Waals surface area contributed by atoms with Crippen molar-refractivity contribution in [2.45, 2.75) is 65.2 Å². The van der Waals surface area contributed by atoms with Crippen molar-refractivity contribution < 1.29 is 38.9 Å². The topological polar surface area (TPSA) is 127 Å². The second-order valence-electron chi connectivity index (χ2n) is 15.5. The molecule has 1 heterocycles.